The second-order valence-electron chi connectivity index (χ2n) is 4.33. The molecule has 1 saturated heterocycles. The molecule has 0 amide bonds. The lowest BCUT2D eigenvalue weighted by Gasteiger charge is -2.36. The van der Waals surface area contributed by atoms with Gasteiger partial charge in [0.25, 0.3) is 5.69 Å². The van der Waals surface area contributed by atoms with Crippen molar-refractivity contribution in [2.75, 3.05) is 18.0 Å². The fourth-order valence-corrected chi connectivity index (χ4v) is 2.82. The fraction of sp³-hybridized carbons (Fsp3) is 0.545. The maximum absolute atomic E-state index is 10.7. The Balaban J connectivity index is 2.29. The van der Waals surface area contributed by atoms with Crippen LogP contribution in [0, 0.1) is 10.1 Å². The van der Waals surface area contributed by atoms with Crippen LogP contribution in [0.5, 0.6) is 0 Å². The highest BCUT2D eigenvalue weighted by Gasteiger charge is 2.24. The molecular formula is C11H15BrN4O2. The molecular weight excluding hydrogens is 300 g/mol. The number of hydrogen-bond donors (Lipinski definition) is 1. The summed E-state index contributed by atoms with van der Waals surface area (Å²) < 4.78 is 0.650. The molecule has 2 N–H and O–H groups in total. The quantitative estimate of drug-likeness (QED) is 0.682. The molecule has 0 spiro atoms. The SMILES string of the molecule is NCC1CCCCN1c1ncc([N+](=O)[O-])cc1Br. The Kier molecular flexibility index (Phi) is 4.13. The predicted octanol–water partition coefficient (Wildman–Crippen LogP) is 2.07. The number of piperidine rings is 1. The zero-order valence-electron chi connectivity index (χ0n) is 9.88. The van der Waals surface area contributed by atoms with E-state index in [0.717, 1.165) is 25.2 Å². The Bertz CT molecular complexity index is 455. The van der Waals surface area contributed by atoms with Gasteiger partial charge < -0.3 is 10.6 Å². The number of rotatable bonds is 3. The van der Waals surface area contributed by atoms with Crippen LogP contribution in [-0.2, 0) is 0 Å². The number of aromatic nitrogens is 1. The van der Waals surface area contributed by atoms with Crippen molar-refractivity contribution in [2.45, 2.75) is 25.3 Å². The molecule has 2 rings (SSSR count). The maximum atomic E-state index is 10.7. The molecule has 0 aromatic carbocycles. The highest BCUT2D eigenvalue weighted by atomic mass is 79.9. The molecule has 1 aromatic heterocycles. The highest BCUT2D eigenvalue weighted by Crippen LogP contribution is 2.31. The molecule has 2 heterocycles. The Hall–Kier alpha value is -1.21. The van der Waals surface area contributed by atoms with Gasteiger partial charge in [-0.15, -0.1) is 0 Å². The number of halogens is 1. The van der Waals surface area contributed by atoms with E-state index < -0.39 is 4.92 Å². The molecule has 0 aliphatic carbocycles. The predicted molar refractivity (Wildman–Crippen MR) is 72.6 cm³/mol. The molecule has 0 bridgehead atoms. The van der Waals surface area contributed by atoms with E-state index in [9.17, 15) is 10.1 Å². The van der Waals surface area contributed by atoms with E-state index >= 15 is 0 Å². The summed E-state index contributed by atoms with van der Waals surface area (Å²) >= 11 is 3.36. The number of nitrogens with two attached hydrogens (primary N) is 1. The molecule has 0 radical (unpaired) electrons. The third-order valence-electron chi connectivity index (χ3n) is 3.19. The Morgan fingerprint density at radius 2 is 2.39 bits per heavy atom. The van der Waals surface area contributed by atoms with Gasteiger partial charge in [0, 0.05) is 25.2 Å². The van der Waals surface area contributed by atoms with Gasteiger partial charge in [-0.05, 0) is 35.2 Å². The molecule has 1 atom stereocenters. The van der Waals surface area contributed by atoms with Crippen molar-refractivity contribution >= 4 is 27.4 Å². The zero-order chi connectivity index (χ0) is 13.1. The highest BCUT2D eigenvalue weighted by molar-refractivity contribution is 9.10. The van der Waals surface area contributed by atoms with E-state index in [1.54, 1.807) is 0 Å². The summed E-state index contributed by atoms with van der Waals surface area (Å²) in [7, 11) is 0. The first-order chi connectivity index (χ1) is 8.63. The molecule has 1 aliphatic rings. The van der Waals surface area contributed by atoms with Crippen molar-refractivity contribution in [1.82, 2.24) is 4.98 Å². The molecule has 6 nitrogen and oxygen atoms in total. The van der Waals surface area contributed by atoms with Crippen molar-refractivity contribution in [3.63, 3.8) is 0 Å². The van der Waals surface area contributed by atoms with Gasteiger partial charge in [0.05, 0.1) is 9.40 Å². The number of nitro groups is 1. The third-order valence-corrected chi connectivity index (χ3v) is 3.77. The lowest BCUT2D eigenvalue weighted by molar-refractivity contribution is -0.385. The van der Waals surface area contributed by atoms with Crippen LogP contribution in [0.1, 0.15) is 19.3 Å². The van der Waals surface area contributed by atoms with Gasteiger partial charge in [-0.1, -0.05) is 0 Å². The summed E-state index contributed by atoms with van der Waals surface area (Å²) in [5.74, 6) is 0.746. The molecule has 1 unspecified atom stereocenters. The summed E-state index contributed by atoms with van der Waals surface area (Å²) in [6.07, 6.45) is 4.61. The lowest BCUT2D eigenvalue weighted by atomic mass is 10.0. The van der Waals surface area contributed by atoms with Crippen LogP contribution in [0.15, 0.2) is 16.7 Å². The van der Waals surface area contributed by atoms with Gasteiger partial charge >= 0.3 is 0 Å². The molecule has 98 valence electrons. The van der Waals surface area contributed by atoms with Gasteiger partial charge in [-0.2, -0.15) is 0 Å². The Morgan fingerprint density at radius 3 is 3.00 bits per heavy atom. The van der Waals surface area contributed by atoms with E-state index in [1.165, 1.54) is 18.7 Å². The summed E-state index contributed by atoms with van der Waals surface area (Å²) in [5, 5.41) is 10.7. The number of hydrogen-bond acceptors (Lipinski definition) is 5. The second kappa shape index (κ2) is 5.62. The minimum absolute atomic E-state index is 0.00747. The number of pyridine rings is 1. The van der Waals surface area contributed by atoms with Crippen molar-refractivity contribution < 1.29 is 4.92 Å². The van der Waals surface area contributed by atoms with Crippen molar-refractivity contribution in [2.24, 2.45) is 5.73 Å². The zero-order valence-corrected chi connectivity index (χ0v) is 11.5. The van der Waals surface area contributed by atoms with E-state index in [4.69, 9.17) is 5.73 Å². The van der Waals surface area contributed by atoms with Crippen LogP contribution in [0.2, 0.25) is 0 Å². The smallest absolute Gasteiger partial charge is 0.288 e. The molecule has 18 heavy (non-hydrogen) atoms. The molecule has 1 fully saturated rings. The average Bonchev–Trinajstić information content (AvgIpc) is 2.38. The van der Waals surface area contributed by atoms with Crippen molar-refractivity contribution in [3.8, 4) is 0 Å². The summed E-state index contributed by atoms with van der Waals surface area (Å²) in [6, 6.07) is 1.76. The van der Waals surface area contributed by atoms with E-state index in [1.807, 2.05) is 0 Å². The van der Waals surface area contributed by atoms with E-state index in [0.29, 0.717) is 11.0 Å². The molecule has 7 heteroatoms. The van der Waals surface area contributed by atoms with Crippen molar-refractivity contribution in [3.05, 3.63) is 26.9 Å². The van der Waals surface area contributed by atoms with E-state index in [-0.39, 0.29) is 11.7 Å². The Morgan fingerprint density at radius 1 is 1.61 bits per heavy atom. The standard InChI is InChI=1S/C11H15BrN4O2/c12-10-5-9(16(17)18)7-14-11(10)15-4-2-1-3-8(15)6-13/h5,7-8H,1-4,6,13H2. The first-order valence-corrected chi connectivity index (χ1v) is 6.69. The van der Waals surface area contributed by atoms with Crippen LogP contribution in [0.25, 0.3) is 0 Å². The van der Waals surface area contributed by atoms with Gasteiger partial charge in [0.15, 0.2) is 0 Å². The molecule has 1 aromatic rings. The van der Waals surface area contributed by atoms with Gasteiger partial charge in [0.2, 0.25) is 0 Å². The fourth-order valence-electron chi connectivity index (χ4n) is 2.26. The van der Waals surface area contributed by atoms with Gasteiger partial charge in [-0.25, -0.2) is 4.98 Å². The minimum atomic E-state index is -0.446. The topological polar surface area (TPSA) is 85.3 Å². The molecule has 1 aliphatic heterocycles. The van der Waals surface area contributed by atoms with Crippen molar-refractivity contribution in [1.29, 1.82) is 0 Å². The van der Waals surface area contributed by atoms with Crippen LogP contribution in [0.3, 0.4) is 0 Å². The first-order valence-electron chi connectivity index (χ1n) is 5.90. The van der Waals surface area contributed by atoms with Gasteiger partial charge in [-0.3, -0.25) is 10.1 Å². The third kappa shape index (κ3) is 2.62. The van der Waals surface area contributed by atoms with Crippen LogP contribution < -0.4 is 10.6 Å². The summed E-state index contributed by atoms with van der Waals surface area (Å²) in [6.45, 7) is 1.47. The van der Waals surface area contributed by atoms with Crippen LogP contribution in [-0.4, -0.2) is 29.0 Å². The lowest BCUT2D eigenvalue weighted by Crippen LogP contribution is -2.44. The number of nitrogens with zero attached hydrogens (tertiary/aromatic N) is 3. The maximum Gasteiger partial charge on any atom is 0.288 e. The Labute approximate surface area is 113 Å². The van der Waals surface area contributed by atoms with Gasteiger partial charge in [0.1, 0.15) is 12.0 Å². The van der Waals surface area contributed by atoms with Crippen LogP contribution >= 0.6 is 15.9 Å². The monoisotopic (exact) mass is 314 g/mol. The average molecular weight is 315 g/mol. The first kappa shape index (κ1) is 13.2. The summed E-state index contributed by atoms with van der Waals surface area (Å²) in [5.41, 5.74) is 5.76. The number of anilines is 1. The minimum Gasteiger partial charge on any atom is -0.351 e. The largest absolute Gasteiger partial charge is 0.351 e. The normalized spacial score (nSPS) is 19.9. The molecule has 0 saturated carbocycles. The van der Waals surface area contributed by atoms with Crippen LogP contribution in [0.4, 0.5) is 11.5 Å². The summed E-state index contributed by atoms with van der Waals surface area (Å²) in [4.78, 5) is 16.6. The van der Waals surface area contributed by atoms with E-state index in [2.05, 4.69) is 25.8 Å². The second-order valence-corrected chi connectivity index (χ2v) is 5.19.